The molecule has 1 heterocycles. The summed E-state index contributed by atoms with van der Waals surface area (Å²) in [7, 11) is 1.45. The second-order valence-electron chi connectivity index (χ2n) is 6.68. The van der Waals surface area contributed by atoms with E-state index in [0.29, 0.717) is 10.9 Å². The number of hydrogen-bond donors (Lipinski definition) is 1. The van der Waals surface area contributed by atoms with Gasteiger partial charge in [0, 0.05) is 24.6 Å². The molecule has 1 N–H and O–H groups in total. The molecule has 0 amide bonds. The smallest absolute Gasteiger partial charge is 0.296 e. The van der Waals surface area contributed by atoms with Gasteiger partial charge in [-0.2, -0.15) is 0 Å². The molecule has 2 aromatic rings. The number of benzene rings is 1. The molecule has 144 valence electrons. The second kappa shape index (κ2) is 8.53. The maximum Gasteiger partial charge on any atom is 0.296 e. The number of nitrogens with zero attached hydrogens (tertiary/aromatic N) is 2. The van der Waals surface area contributed by atoms with Crippen LogP contribution in [0, 0.1) is 10.1 Å². The molecule has 0 aliphatic rings. The first kappa shape index (κ1) is 20.2. The molecule has 0 saturated carbocycles. The van der Waals surface area contributed by atoms with Gasteiger partial charge in [-0.25, -0.2) is 0 Å². The monoisotopic (exact) mass is 372 g/mol. The predicted molar refractivity (Wildman–Crippen MR) is 105 cm³/mol. The largest absolute Gasteiger partial charge is 0.500 e. The normalized spacial score (nSPS) is 11.5. The minimum Gasteiger partial charge on any atom is -0.500 e. The molecule has 0 fully saturated rings. The Morgan fingerprint density at radius 1 is 1.30 bits per heavy atom. The summed E-state index contributed by atoms with van der Waals surface area (Å²) >= 11 is 0. The van der Waals surface area contributed by atoms with E-state index in [-0.39, 0.29) is 18.0 Å². The van der Waals surface area contributed by atoms with Crippen LogP contribution in [0.5, 0.6) is 11.5 Å². The van der Waals surface area contributed by atoms with Gasteiger partial charge in [-0.3, -0.25) is 14.9 Å². The first-order valence-electron chi connectivity index (χ1n) is 8.64. The lowest BCUT2D eigenvalue weighted by molar-refractivity contribution is -0.384. The average molecular weight is 372 g/mol. The van der Waals surface area contributed by atoms with E-state index >= 15 is 0 Å². The van der Waals surface area contributed by atoms with Crippen LogP contribution in [0.1, 0.15) is 33.6 Å². The SMILES string of the molecule is CC(C)=CCC/C(C)=C/COc1c(O)c(=O)n(C)c2cc([N+](=O)[O-])ccc12. The summed E-state index contributed by atoms with van der Waals surface area (Å²) in [4.78, 5) is 22.7. The standard InChI is InChI=1S/C20H24N2O5/c1-13(2)6-5-7-14(3)10-11-27-19-16-9-8-15(22(25)26)12-17(16)21(4)20(24)18(19)23/h6,8-10,12,23H,5,7,11H2,1-4H3/b14-10+. The molecule has 1 aromatic heterocycles. The maximum atomic E-state index is 12.2. The predicted octanol–water partition coefficient (Wildman–Crippen LogP) is 4.22. The first-order chi connectivity index (χ1) is 12.7. The lowest BCUT2D eigenvalue weighted by atomic mass is 10.1. The molecule has 0 saturated heterocycles. The summed E-state index contributed by atoms with van der Waals surface area (Å²) in [5, 5.41) is 21.6. The molecule has 1 aromatic carbocycles. The van der Waals surface area contributed by atoms with Crippen molar-refractivity contribution in [2.45, 2.75) is 33.6 Å². The van der Waals surface area contributed by atoms with Gasteiger partial charge in [0.2, 0.25) is 5.75 Å². The molecule has 0 radical (unpaired) electrons. The van der Waals surface area contributed by atoms with Crippen molar-refractivity contribution in [1.29, 1.82) is 0 Å². The maximum absolute atomic E-state index is 12.2. The summed E-state index contributed by atoms with van der Waals surface area (Å²) in [6, 6.07) is 4.09. The highest BCUT2D eigenvalue weighted by Gasteiger charge is 2.18. The van der Waals surface area contributed by atoms with Crippen molar-refractivity contribution >= 4 is 16.6 Å². The summed E-state index contributed by atoms with van der Waals surface area (Å²) in [5.41, 5.74) is 1.93. The minimum absolute atomic E-state index is 0.0383. The number of aryl methyl sites for hydroxylation is 1. The fourth-order valence-electron chi connectivity index (χ4n) is 2.70. The van der Waals surface area contributed by atoms with Crippen molar-refractivity contribution in [3.8, 4) is 11.5 Å². The molecular formula is C20H24N2O5. The van der Waals surface area contributed by atoms with Crippen molar-refractivity contribution < 1.29 is 14.8 Å². The van der Waals surface area contributed by atoms with E-state index in [2.05, 4.69) is 19.9 Å². The van der Waals surface area contributed by atoms with Crippen LogP contribution in [0.25, 0.3) is 10.9 Å². The van der Waals surface area contributed by atoms with Gasteiger partial charge in [0.1, 0.15) is 6.61 Å². The minimum atomic E-state index is -0.665. The molecule has 0 bridgehead atoms. The Hall–Kier alpha value is -3.09. The van der Waals surface area contributed by atoms with Crippen LogP contribution in [0.2, 0.25) is 0 Å². The van der Waals surface area contributed by atoms with Crippen LogP contribution in [0.15, 0.2) is 46.3 Å². The van der Waals surface area contributed by atoms with E-state index in [1.807, 2.05) is 13.0 Å². The Bertz CT molecular complexity index is 982. The summed E-state index contributed by atoms with van der Waals surface area (Å²) in [6.07, 6.45) is 5.89. The number of non-ortho nitro benzene ring substituents is 1. The van der Waals surface area contributed by atoms with E-state index in [1.165, 1.54) is 35.4 Å². The summed E-state index contributed by atoms with van der Waals surface area (Å²) in [6.45, 7) is 6.29. The van der Waals surface area contributed by atoms with Crippen LogP contribution in [0.4, 0.5) is 5.69 Å². The molecule has 0 spiro atoms. The van der Waals surface area contributed by atoms with Crippen LogP contribution in [-0.2, 0) is 7.05 Å². The number of nitro benzene ring substituents is 1. The number of ether oxygens (including phenoxy) is 1. The molecular weight excluding hydrogens is 348 g/mol. The number of pyridine rings is 1. The molecule has 7 nitrogen and oxygen atoms in total. The number of aromatic hydroxyl groups is 1. The Morgan fingerprint density at radius 3 is 2.63 bits per heavy atom. The third kappa shape index (κ3) is 4.75. The Kier molecular flexibility index (Phi) is 6.39. The molecule has 7 heteroatoms. The average Bonchev–Trinajstić information content (AvgIpc) is 2.61. The van der Waals surface area contributed by atoms with E-state index in [1.54, 1.807) is 0 Å². The molecule has 2 rings (SSSR count). The van der Waals surface area contributed by atoms with E-state index in [4.69, 9.17) is 4.74 Å². The van der Waals surface area contributed by atoms with Gasteiger partial charge in [-0.1, -0.05) is 17.2 Å². The van der Waals surface area contributed by atoms with Crippen LogP contribution < -0.4 is 10.3 Å². The zero-order valence-corrected chi connectivity index (χ0v) is 16.0. The van der Waals surface area contributed by atoms with Crippen molar-refractivity contribution in [1.82, 2.24) is 4.57 Å². The number of aromatic nitrogens is 1. The van der Waals surface area contributed by atoms with Gasteiger partial charge in [-0.15, -0.1) is 0 Å². The molecule has 0 aliphatic carbocycles. The molecule has 0 unspecified atom stereocenters. The van der Waals surface area contributed by atoms with Crippen molar-refractivity contribution in [3.63, 3.8) is 0 Å². The number of nitro groups is 1. The molecule has 27 heavy (non-hydrogen) atoms. The zero-order valence-electron chi connectivity index (χ0n) is 16.0. The van der Waals surface area contributed by atoms with E-state index in [9.17, 15) is 20.0 Å². The number of hydrogen-bond acceptors (Lipinski definition) is 5. The van der Waals surface area contributed by atoms with Gasteiger partial charge in [0.05, 0.1) is 10.4 Å². The number of rotatable bonds is 7. The summed E-state index contributed by atoms with van der Waals surface area (Å²) in [5.74, 6) is -0.467. The van der Waals surface area contributed by atoms with Crippen LogP contribution >= 0.6 is 0 Å². The van der Waals surface area contributed by atoms with Gasteiger partial charge < -0.3 is 14.4 Å². The zero-order chi connectivity index (χ0) is 20.1. The number of fused-ring (bicyclic) bond motifs is 1. The lowest BCUT2D eigenvalue weighted by Gasteiger charge is -2.13. The van der Waals surface area contributed by atoms with Crippen molar-refractivity contribution in [3.05, 3.63) is 62.0 Å². The van der Waals surface area contributed by atoms with E-state index < -0.39 is 16.2 Å². The van der Waals surface area contributed by atoms with Crippen molar-refractivity contribution in [2.24, 2.45) is 7.05 Å². The first-order valence-corrected chi connectivity index (χ1v) is 8.64. The van der Waals surface area contributed by atoms with Crippen LogP contribution in [0.3, 0.4) is 0 Å². The highest BCUT2D eigenvalue weighted by molar-refractivity contribution is 5.89. The van der Waals surface area contributed by atoms with Crippen LogP contribution in [-0.4, -0.2) is 21.2 Å². The quantitative estimate of drug-likeness (QED) is 0.446. The Labute approximate surface area is 157 Å². The van der Waals surface area contributed by atoms with Gasteiger partial charge in [0.15, 0.2) is 5.75 Å². The Morgan fingerprint density at radius 2 is 2.00 bits per heavy atom. The highest BCUT2D eigenvalue weighted by atomic mass is 16.6. The number of allylic oxidation sites excluding steroid dienone is 3. The summed E-state index contributed by atoms with van der Waals surface area (Å²) < 4.78 is 6.83. The van der Waals surface area contributed by atoms with E-state index in [0.717, 1.165) is 18.4 Å². The molecule has 0 atom stereocenters. The lowest BCUT2D eigenvalue weighted by Crippen LogP contribution is -2.18. The van der Waals surface area contributed by atoms with Crippen molar-refractivity contribution in [2.75, 3.05) is 6.61 Å². The van der Waals surface area contributed by atoms with Gasteiger partial charge in [-0.05, 0) is 45.8 Å². The third-order valence-electron chi connectivity index (χ3n) is 4.27. The highest BCUT2D eigenvalue weighted by Crippen LogP contribution is 2.33. The van der Waals surface area contributed by atoms with Gasteiger partial charge in [0.25, 0.3) is 11.2 Å². The van der Waals surface area contributed by atoms with Gasteiger partial charge >= 0.3 is 0 Å². The fourth-order valence-corrected chi connectivity index (χ4v) is 2.70. The molecule has 0 aliphatic heterocycles. The topological polar surface area (TPSA) is 94.6 Å². The fraction of sp³-hybridized carbons (Fsp3) is 0.350. The Balaban J connectivity index is 2.31. The second-order valence-corrected chi connectivity index (χ2v) is 6.68. The third-order valence-corrected chi connectivity index (χ3v) is 4.27.